The number of carbonyl (C=O) groups excluding carboxylic acids is 4. The van der Waals surface area contributed by atoms with Gasteiger partial charge in [-0.3, -0.25) is 19.3 Å². The number of imide groups is 1. The average Bonchev–Trinajstić information content (AvgIpc) is 3.08. The second-order valence-electron chi connectivity index (χ2n) is 8.03. The molecule has 1 aliphatic carbocycles. The van der Waals surface area contributed by atoms with Gasteiger partial charge in [-0.25, -0.2) is 4.79 Å². The molecule has 2 aromatic rings. The van der Waals surface area contributed by atoms with E-state index >= 15 is 0 Å². The van der Waals surface area contributed by atoms with Gasteiger partial charge in [0.05, 0.1) is 39.4 Å². The highest BCUT2D eigenvalue weighted by molar-refractivity contribution is 6.33. The normalized spacial score (nSPS) is 19.5. The van der Waals surface area contributed by atoms with Crippen molar-refractivity contribution < 1.29 is 37.1 Å². The lowest BCUT2D eigenvalue weighted by molar-refractivity contribution is -0.137. The molecule has 0 bridgehead atoms. The van der Waals surface area contributed by atoms with Gasteiger partial charge in [-0.2, -0.15) is 13.2 Å². The summed E-state index contributed by atoms with van der Waals surface area (Å²) in [7, 11) is 0. The summed E-state index contributed by atoms with van der Waals surface area (Å²) in [4.78, 5) is 50.8. The smallest absolute Gasteiger partial charge is 0.416 e. The van der Waals surface area contributed by atoms with Gasteiger partial charge in [-0.15, -0.1) is 0 Å². The summed E-state index contributed by atoms with van der Waals surface area (Å²) in [5.74, 6) is -3.12. The first-order valence-electron chi connectivity index (χ1n) is 10.5. The highest BCUT2D eigenvalue weighted by atomic mass is 35.5. The van der Waals surface area contributed by atoms with Crippen LogP contribution in [-0.4, -0.2) is 30.3 Å². The third-order valence-electron chi connectivity index (χ3n) is 5.77. The third-order valence-corrected chi connectivity index (χ3v) is 6.10. The molecule has 2 atom stereocenters. The Kier molecular flexibility index (Phi) is 6.66. The van der Waals surface area contributed by atoms with Crippen LogP contribution < -0.4 is 10.2 Å². The number of fused-ring (bicyclic) bond motifs is 1. The summed E-state index contributed by atoms with van der Waals surface area (Å²) in [6.07, 6.45) is 0.147. The van der Waals surface area contributed by atoms with E-state index in [-0.39, 0.29) is 39.9 Å². The van der Waals surface area contributed by atoms with Gasteiger partial charge in [0, 0.05) is 0 Å². The van der Waals surface area contributed by atoms with Crippen molar-refractivity contribution in [3.63, 3.8) is 0 Å². The predicted molar refractivity (Wildman–Crippen MR) is 120 cm³/mol. The zero-order chi connectivity index (χ0) is 25.3. The molecule has 182 valence electrons. The standard InChI is InChI=1S/C24H18ClF3N2O5/c25-18-10-7-14(24(26,27)28)11-19(18)29-20(31)12-35-23(34)13-5-8-15(9-6-13)30-21(32)16-3-1-2-4-17(16)22(30)33/h1-2,5-11,16-17H,3-4,12H2,(H,29,31)/t16-,17-/m0/s1. The second-order valence-corrected chi connectivity index (χ2v) is 8.44. The van der Waals surface area contributed by atoms with Crippen LogP contribution in [0.5, 0.6) is 0 Å². The SMILES string of the molecule is O=C(COC(=O)c1ccc(N2C(=O)[C@H]3CC=CC[C@@H]3C2=O)cc1)Nc1cc(C(F)(F)F)ccc1Cl. The highest BCUT2D eigenvalue weighted by Gasteiger charge is 2.47. The lowest BCUT2D eigenvalue weighted by Gasteiger charge is -2.15. The van der Waals surface area contributed by atoms with Crippen LogP contribution in [0.3, 0.4) is 0 Å². The van der Waals surface area contributed by atoms with Crippen molar-refractivity contribution in [2.24, 2.45) is 11.8 Å². The maximum Gasteiger partial charge on any atom is 0.416 e. The molecule has 11 heteroatoms. The highest BCUT2D eigenvalue weighted by Crippen LogP contribution is 2.38. The molecule has 1 saturated heterocycles. The molecule has 2 aromatic carbocycles. The quantitative estimate of drug-likeness (QED) is 0.363. The minimum absolute atomic E-state index is 0.0526. The zero-order valence-electron chi connectivity index (χ0n) is 18.0. The van der Waals surface area contributed by atoms with Crippen molar-refractivity contribution in [3.05, 3.63) is 70.8 Å². The first kappa shape index (κ1) is 24.5. The van der Waals surface area contributed by atoms with E-state index < -0.39 is 30.2 Å². The van der Waals surface area contributed by atoms with E-state index in [1.54, 1.807) is 0 Å². The molecule has 4 rings (SSSR count). The molecule has 3 amide bonds. The van der Waals surface area contributed by atoms with E-state index in [1.807, 2.05) is 12.2 Å². The number of halogens is 4. The summed E-state index contributed by atoms with van der Waals surface area (Å²) in [6, 6.07) is 8.00. The van der Waals surface area contributed by atoms with Gasteiger partial charge in [-0.1, -0.05) is 23.8 Å². The Morgan fingerprint density at radius 1 is 1.00 bits per heavy atom. The molecule has 0 unspecified atom stereocenters. The van der Waals surface area contributed by atoms with Crippen LogP contribution >= 0.6 is 11.6 Å². The fraction of sp³-hybridized carbons (Fsp3) is 0.250. The van der Waals surface area contributed by atoms with E-state index in [0.29, 0.717) is 24.6 Å². The van der Waals surface area contributed by atoms with Crippen LogP contribution in [0.1, 0.15) is 28.8 Å². The van der Waals surface area contributed by atoms with Gasteiger partial charge in [0.2, 0.25) is 11.8 Å². The lowest BCUT2D eigenvalue weighted by atomic mass is 9.85. The molecule has 2 aliphatic rings. The summed E-state index contributed by atoms with van der Waals surface area (Å²) in [6.45, 7) is -0.771. The lowest BCUT2D eigenvalue weighted by Crippen LogP contribution is -2.30. The van der Waals surface area contributed by atoms with Crippen molar-refractivity contribution in [3.8, 4) is 0 Å². The van der Waals surface area contributed by atoms with Gasteiger partial charge in [0.25, 0.3) is 5.91 Å². The zero-order valence-corrected chi connectivity index (χ0v) is 18.7. The Bertz CT molecular complexity index is 1200. The van der Waals surface area contributed by atoms with Crippen molar-refractivity contribution in [1.82, 2.24) is 0 Å². The van der Waals surface area contributed by atoms with E-state index in [0.717, 1.165) is 17.0 Å². The number of allylic oxidation sites excluding steroid dienone is 2. The van der Waals surface area contributed by atoms with Crippen LogP contribution in [0.4, 0.5) is 24.5 Å². The van der Waals surface area contributed by atoms with Crippen LogP contribution in [0.15, 0.2) is 54.6 Å². The third kappa shape index (κ3) is 5.07. The van der Waals surface area contributed by atoms with Crippen molar-refractivity contribution in [2.45, 2.75) is 19.0 Å². The van der Waals surface area contributed by atoms with E-state index in [2.05, 4.69) is 5.32 Å². The minimum Gasteiger partial charge on any atom is -0.452 e. The predicted octanol–water partition coefficient (Wildman–Crippen LogP) is 4.61. The molecule has 0 radical (unpaired) electrons. The molecule has 0 aromatic heterocycles. The number of rotatable bonds is 5. The number of ether oxygens (including phenoxy) is 1. The summed E-state index contributed by atoms with van der Waals surface area (Å²) in [5, 5.41) is 2.06. The number of anilines is 2. The molecule has 1 heterocycles. The Labute approximate surface area is 202 Å². The first-order chi connectivity index (χ1) is 16.6. The maximum atomic E-state index is 12.9. The number of alkyl halides is 3. The number of carbonyl (C=O) groups is 4. The molecule has 1 aliphatic heterocycles. The van der Waals surface area contributed by atoms with Gasteiger partial charge in [0.1, 0.15) is 0 Å². The number of amides is 3. The minimum atomic E-state index is -4.62. The Balaban J connectivity index is 1.36. The van der Waals surface area contributed by atoms with Gasteiger partial charge < -0.3 is 10.1 Å². The summed E-state index contributed by atoms with van der Waals surface area (Å²) >= 11 is 5.83. The number of hydrogen-bond acceptors (Lipinski definition) is 5. The Morgan fingerprint density at radius 3 is 2.17 bits per heavy atom. The number of esters is 1. The van der Waals surface area contributed by atoms with Crippen molar-refractivity contribution >= 4 is 46.7 Å². The topological polar surface area (TPSA) is 92.8 Å². The Morgan fingerprint density at radius 2 is 1.60 bits per heavy atom. The van der Waals surface area contributed by atoms with E-state index in [1.165, 1.54) is 24.3 Å². The maximum absolute atomic E-state index is 12.9. The molecular formula is C24H18ClF3N2O5. The van der Waals surface area contributed by atoms with Crippen LogP contribution in [0.25, 0.3) is 0 Å². The fourth-order valence-electron chi connectivity index (χ4n) is 4.00. The molecule has 0 spiro atoms. The number of nitrogens with one attached hydrogen (secondary N) is 1. The molecule has 1 fully saturated rings. The molecule has 7 nitrogen and oxygen atoms in total. The average molecular weight is 507 g/mol. The number of hydrogen-bond donors (Lipinski definition) is 1. The van der Waals surface area contributed by atoms with Crippen LogP contribution in [0.2, 0.25) is 5.02 Å². The number of nitrogens with zero attached hydrogens (tertiary/aromatic N) is 1. The van der Waals surface area contributed by atoms with Gasteiger partial charge >= 0.3 is 12.1 Å². The van der Waals surface area contributed by atoms with Crippen LogP contribution in [0, 0.1) is 11.8 Å². The molecule has 1 N–H and O–H groups in total. The Hall–Kier alpha value is -3.66. The van der Waals surface area contributed by atoms with Crippen molar-refractivity contribution in [1.29, 1.82) is 0 Å². The summed E-state index contributed by atoms with van der Waals surface area (Å²) < 4.78 is 43.5. The molecule has 0 saturated carbocycles. The van der Waals surface area contributed by atoms with Crippen molar-refractivity contribution in [2.75, 3.05) is 16.8 Å². The van der Waals surface area contributed by atoms with E-state index in [4.69, 9.17) is 16.3 Å². The molecule has 35 heavy (non-hydrogen) atoms. The van der Waals surface area contributed by atoms with Gasteiger partial charge in [0.15, 0.2) is 6.61 Å². The second kappa shape index (κ2) is 9.53. The monoisotopic (exact) mass is 506 g/mol. The summed E-state index contributed by atoms with van der Waals surface area (Å²) in [5.41, 5.74) is -0.901. The van der Waals surface area contributed by atoms with E-state index in [9.17, 15) is 32.3 Å². The van der Waals surface area contributed by atoms with Gasteiger partial charge in [-0.05, 0) is 55.3 Å². The largest absolute Gasteiger partial charge is 0.452 e. The number of benzene rings is 2. The molecular weight excluding hydrogens is 489 g/mol. The first-order valence-corrected chi connectivity index (χ1v) is 10.9. The van der Waals surface area contributed by atoms with Crippen LogP contribution in [-0.2, 0) is 25.3 Å². The fourth-order valence-corrected chi connectivity index (χ4v) is 4.16.